The molecule has 0 aromatic carbocycles. The van der Waals surface area contributed by atoms with Crippen molar-refractivity contribution in [1.29, 1.82) is 0 Å². The maximum atomic E-state index is 5.81. The van der Waals surface area contributed by atoms with Crippen molar-refractivity contribution in [1.82, 2.24) is 9.97 Å². The highest BCUT2D eigenvalue weighted by atomic mass is 16.5. The van der Waals surface area contributed by atoms with E-state index in [0.717, 1.165) is 18.5 Å². The Hall–Kier alpha value is -1.84. The van der Waals surface area contributed by atoms with Crippen LogP contribution in [-0.2, 0) is 0 Å². The van der Waals surface area contributed by atoms with Gasteiger partial charge in [0.05, 0.1) is 12.3 Å². The molecule has 0 saturated carbocycles. The minimum Gasteiger partial charge on any atom is -0.478 e. The molecule has 1 aromatic rings. The summed E-state index contributed by atoms with van der Waals surface area (Å²) >= 11 is 0. The second-order valence-electron chi connectivity index (χ2n) is 7.00. The first kappa shape index (κ1) is 17.5. The summed E-state index contributed by atoms with van der Waals surface area (Å²) in [5.74, 6) is 1.24. The van der Waals surface area contributed by atoms with Gasteiger partial charge in [-0.25, -0.2) is 4.98 Å². The predicted octanol–water partition coefficient (Wildman–Crippen LogP) is 4.63. The van der Waals surface area contributed by atoms with Crippen LogP contribution < -0.4 is 10.5 Å². The van der Waals surface area contributed by atoms with E-state index in [1.54, 1.807) is 0 Å². The van der Waals surface area contributed by atoms with Crippen molar-refractivity contribution in [3.63, 3.8) is 0 Å². The summed E-state index contributed by atoms with van der Waals surface area (Å²) in [5, 5.41) is 0. The van der Waals surface area contributed by atoms with E-state index in [0.29, 0.717) is 18.4 Å². The lowest BCUT2D eigenvalue weighted by atomic mass is 9.68. The molecule has 0 spiro atoms. The average Bonchev–Trinajstić information content (AvgIpc) is 2.46. The number of hydrogen-bond donors (Lipinski definition) is 1. The molecule has 0 fully saturated rings. The fourth-order valence-electron chi connectivity index (χ4n) is 3.12. The monoisotopic (exact) mass is 315 g/mol. The van der Waals surface area contributed by atoms with Crippen LogP contribution in [0.1, 0.15) is 59.1 Å². The number of nitrogen functional groups attached to an aromatic ring is 1. The fraction of sp³-hybridized carbons (Fsp3) is 0.579. The zero-order chi connectivity index (χ0) is 16.9. The standard InChI is InChI=1S/C19H29N3O/c1-5-6-12-23-17-13-15(21-18(20)22-17)9-10-16-14(2)8-7-11-19(16,3)4/h8-10,13,16H,5-7,11-12H2,1-4H3,(H2,20,21,22)/b10-9+. The summed E-state index contributed by atoms with van der Waals surface area (Å²) in [6.45, 7) is 9.66. The number of aromatic nitrogens is 2. The summed E-state index contributed by atoms with van der Waals surface area (Å²) in [5.41, 5.74) is 8.31. The maximum Gasteiger partial charge on any atom is 0.223 e. The van der Waals surface area contributed by atoms with Crippen LogP contribution in [0.3, 0.4) is 0 Å². The second-order valence-corrected chi connectivity index (χ2v) is 7.00. The van der Waals surface area contributed by atoms with Crippen molar-refractivity contribution >= 4 is 12.0 Å². The van der Waals surface area contributed by atoms with Gasteiger partial charge in [-0.15, -0.1) is 0 Å². The van der Waals surface area contributed by atoms with E-state index in [2.05, 4.69) is 49.8 Å². The molecular formula is C19H29N3O. The molecule has 1 aromatic heterocycles. The van der Waals surface area contributed by atoms with Crippen LogP contribution in [0.2, 0.25) is 0 Å². The number of rotatable bonds is 6. The highest BCUT2D eigenvalue weighted by molar-refractivity contribution is 5.49. The van der Waals surface area contributed by atoms with E-state index in [4.69, 9.17) is 10.5 Å². The third-order valence-electron chi connectivity index (χ3n) is 4.53. The number of nitrogens with two attached hydrogens (primary N) is 1. The number of allylic oxidation sites excluding steroid dienone is 3. The van der Waals surface area contributed by atoms with Gasteiger partial charge in [0.2, 0.25) is 11.8 Å². The first-order chi connectivity index (χ1) is 10.9. The van der Waals surface area contributed by atoms with Crippen molar-refractivity contribution < 1.29 is 4.74 Å². The minimum absolute atomic E-state index is 0.258. The number of hydrogen-bond acceptors (Lipinski definition) is 4. The average molecular weight is 315 g/mol. The van der Waals surface area contributed by atoms with Gasteiger partial charge in [-0.3, -0.25) is 0 Å². The van der Waals surface area contributed by atoms with Gasteiger partial charge in [-0.1, -0.05) is 44.9 Å². The lowest BCUT2D eigenvalue weighted by molar-refractivity contribution is 0.256. The molecule has 23 heavy (non-hydrogen) atoms. The maximum absolute atomic E-state index is 5.81. The topological polar surface area (TPSA) is 61.0 Å². The first-order valence-corrected chi connectivity index (χ1v) is 8.54. The van der Waals surface area contributed by atoms with Gasteiger partial charge in [-0.2, -0.15) is 4.98 Å². The minimum atomic E-state index is 0.258. The summed E-state index contributed by atoms with van der Waals surface area (Å²) < 4.78 is 5.65. The molecule has 0 bridgehead atoms. The van der Waals surface area contributed by atoms with Gasteiger partial charge >= 0.3 is 0 Å². The SMILES string of the molecule is CCCCOc1cc(/C=C/C2C(C)=CCCC2(C)C)nc(N)n1. The van der Waals surface area contributed by atoms with E-state index < -0.39 is 0 Å². The quantitative estimate of drug-likeness (QED) is 0.614. The molecule has 0 radical (unpaired) electrons. The van der Waals surface area contributed by atoms with Crippen molar-refractivity contribution in [3.8, 4) is 5.88 Å². The van der Waals surface area contributed by atoms with Crippen molar-refractivity contribution in [2.75, 3.05) is 12.3 Å². The molecular weight excluding hydrogens is 286 g/mol. The Kier molecular flexibility index (Phi) is 5.80. The van der Waals surface area contributed by atoms with Crippen LogP contribution in [0.5, 0.6) is 5.88 Å². The largest absolute Gasteiger partial charge is 0.478 e. The Morgan fingerprint density at radius 1 is 1.39 bits per heavy atom. The van der Waals surface area contributed by atoms with Crippen molar-refractivity contribution in [2.24, 2.45) is 11.3 Å². The van der Waals surface area contributed by atoms with Gasteiger partial charge < -0.3 is 10.5 Å². The van der Waals surface area contributed by atoms with E-state index >= 15 is 0 Å². The Balaban J connectivity index is 2.15. The lowest BCUT2D eigenvalue weighted by Gasteiger charge is -2.36. The Morgan fingerprint density at radius 3 is 2.87 bits per heavy atom. The second kappa shape index (κ2) is 7.62. The zero-order valence-electron chi connectivity index (χ0n) is 14.8. The van der Waals surface area contributed by atoms with Gasteiger partial charge in [0, 0.05) is 12.0 Å². The molecule has 0 aliphatic heterocycles. The molecule has 0 saturated heterocycles. The van der Waals surface area contributed by atoms with Crippen LogP contribution >= 0.6 is 0 Å². The smallest absolute Gasteiger partial charge is 0.223 e. The molecule has 4 nitrogen and oxygen atoms in total. The highest BCUT2D eigenvalue weighted by Gasteiger charge is 2.30. The molecule has 126 valence electrons. The number of anilines is 1. The van der Waals surface area contributed by atoms with E-state index in [1.165, 1.54) is 18.4 Å². The molecule has 4 heteroatoms. The molecule has 1 heterocycles. The zero-order valence-corrected chi connectivity index (χ0v) is 14.8. The molecule has 1 unspecified atom stereocenters. The van der Waals surface area contributed by atoms with Crippen molar-refractivity contribution in [3.05, 3.63) is 29.5 Å². The Labute approximate surface area is 139 Å². The summed E-state index contributed by atoms with van der Waals surface area (Å²) in [7, 11) is 0. The number of nitrogens with zero attached hydrogens (tertiary/aromatic N) is 2. The summed E-state index contributed by atoms with van der Waals surface area (Å²) in [6, 6.07) is 1.86. The van der Waals surface area contributed by atoms with Gasteiger partial charge in [-0.05, 0) is 37.7 Å². The van der Waals surface area contributed by atoms with Crippen LogP contribution in [-0.4, -0.2) is 16.6 Å². The van der Waals surface area contributed by atoms with Crippen LogP contribution in [0.15, 0.2) is 23.8 Å². The van der Waals surface area contributed by atoms with Crippen LogP contribution in [0.25, 0.3) is 6.08 Å². The molecule has 2 rings (SSSR count). The molecule has 2 N–H and O–H groups in total. The summed E-state index contributed by atoms with van der Waals surface area (Å²) in [6.07, 6.45) is 11.1. The van der Waals surface area contributed by atoms with Gasteiger partial charge in [0.15, 0.2) is 0 Å². The van der Waals surface area contributed by atoms with E-state index in [1.807, 2.05) is 12.1 Å². The molecule has 1 aliphatic rings. The molecule has 1 aliphatic carbocycles. The van der Waals surface area contributed by atoms with Crippen LogP contribution in [0, 0.1) is 11.3 Å². The summed E-state index contributed by atoms with van der Waals surface area (Å²) in [4.78, 5) is 8.44. The number of unbranched alkanes of at least 4 members (excludes halogenated alkanes) is 1. The number of ether oxygens (including phenoxy) is 1. The van der Waals surface area contributed by atoms with Crippen LogP contribution in [0.4, 0.5) is 5.95 Å². The highest BCUT2D eigenvalue weighted by Crippen LogP contribution is 2.41. The van der Waals surface area contributed by atoms with E-state index in [9.17, 15) is 0 Å². The van der Waals surface area contributed by atoms with Gasteiger partial charge in [0.25, 0.3) is 0 Å². The third kappa shape index (κ3) is 4.81. The normalized spacial score (nSPS) is 20.5. The van der Waals surface area contributed by atoms with Crippen molar-refractivity contribution in [2.45, 2.75) is 53.4 Å². The van der Waals surface area contributed by atoms with E-state index in [-0.39, 0.29) is 11.4 Å². The third-order valence-corrected chi connectivity index (χ3v) is 4.53. The lowest BCUT2D eigenvalue weighted by Crippen LogP contribution is -2.26. The predicted molar refractivity (Wildman–Crippen MR) is 96.1 cm³/mol. The van der Waals surface area contributed by atoms with Gasteiger partial charge in [0.1, 0.15) is 0 Å². The molecule has 1 atom stereocenters. The first-order valence-electron chi connectivity index (χ1n) is 8.54. The molecule has 0 amide bonds. The Bertz CT molecular complexity index is 590. The fourth-order valence-corrected chi connectivity index (χ4v) is 3.12. The Morgan fingerprint density at radius 2 is 2.17 bits per heavy atom.